The van der Waals surface area contributed by atoms with E-state index >= 15 is 0 Å². The zero-order valence-electron chi connectivity index (χ0n) is 18.4. The number of rotatable bonds is 6. The molecule has 168 valence electrons. The Hall–Kier alpha value is -2.59. The molecule has 4 aromatic rings. The Kier molecular flexibility index (Phi) is 5.81. The van der Waals surface area contributed by atoms with E-state index in [4.69, 9.17) is 9.40 Å². The molecule has 1 aliphatic rings. The maximum atomic E-state index is 12.6. The van der Waals surface area contributed by atoms with E-state index in [0.29, 0.717) is 23.5 Å². The van der Waals surface area contributed by atoms with E-state index in [1.165, 1.54) is 11.8 Å². The Morgan fingerprint density at radius 2 is 2.09 bits per heavy atom. The molecule has 0 spiro atoms. The molecule has 0 bridgehead atoms. The molecule has 0 unspecified atom stereocenters. The number of H-pyrrole nitrogens is 1. The second kappa shape index (κ2) is 8.74. The third-order valence-corrected chi connectivity index (χ3v) is 8.16. The summed E-state index contributed by atoms with van der Waals surface area (Å²) in [7, 11) is 0. The standard InChI is InChI=1S/C22H26N6O2S2/c1-13-6-8-27(9-7-13)21-25-26-22(28(21)11-16-5-4-10-30-16)31-12-17-23-19(29)18-14(2)15(3)32-20(18)24-17/h4-5,10,13H,6-9,11-12H2,1-3H3,(H,23,24,29). The molecule has 0 atom stereocenters. The van der Waals surface area contributed by atoms with Crippen molar-refractivity contribution in [2.45, 2.75) is 51.1 Å². The molecule has 1 aliphatic heterocycles. The molecule has 1 saturated heterocycles. The summed E-state index contributed by atoms with van der Waals surface area (Å²) in [5, 5.41) is 10.5. The van der Waals surface area contributed by atoms with Gasteiger partial charge in [0.25, 0.3) is 5.56 Å². The number of fused-ring (bicyclic) bond motifs is 1. The summed E-state index contributed by atoms with van der Waals surface area (Å²) < 4.78 is 7.71. The van der Waals surface area contributed by atoms with Gasteiger partial charge in [-0.2, -0.15) is 0 Å². The quantitative estimate of drug-likeness (QED) is 0.419. The van der Waals surface area contributed by atoms with Crippen molar-refractivity contribution >= 4 is 39.3 Å². The van der Waals surface area contributed by atoms with Crippen molar-refractivity contribution in [1.82, 2.24) is 24.7 Å². The molecule has 0 saturated carbocycles. The number of furan rings is 1. The lowest BCUT2D eigenvalue weighted by Crippen LogP contribution is -2.35. The van der Waals surface area contributed by atoms with Crippen LogP contribution in [0.25, 0.3) is 10.2 Å². The Bertz CT molecular complexity index is 1280. The summed E-state index contributed by atoms with van der Waals surface area (Å²) in [5.41, 5.74) is 0.935. The highest BCUT2D eigenvalue weighted by molar-refractivity contribution is 7.98. The first-order chi connectivity index (χ1) is 15.5. The van der Waals surface area contributed by atoms with Gasteiger partial charge in [0.2, 0.25) is 5.95 Å². The van der Waals surface area contributed by atoms with Gasteiger partial charge in [-0.3, -0.25) is 9.36 Å². The SMILES string of the molecule is Cc1sc2nc(CSc3nnc(N4CCC(C)CC4)n3Cc3ccco3)[nH]c(=O)c2c1C. The molecule has 0 aromatic carbocycles. The smallest absolute Gasteiger partial charge is 0.259 e. The number of thioether (sulfide) groups is 1. The van der Waals surface area contributed by atoms with Crippen LogP contribution in [0.4, 0.5) is 5.95 Å². The summed E-state index contributed by atoms with van der Waals surface area (Å²) >= 11 is 3.09. The van der Waals surface area contributed by atoms with Crippen molar-refractivity contribution in [1.29, 1.82) is 0 Å². The number of nitrogens with one attached hydrogen (secondary N) is 1. The fraction of sp³-hybridized carbons (Fsp3) is 0.455. The van der Waals surface area contributed by atoms with Crippen molar-refractivity contribution in [3.63, 3.8) is 0 Å². The van der Waals surface area contributed by atoms with Gasteiger partial charge < -0.3 is 14.3 Å². The molecule has 0 radical (unpaired) electrons. The first-order valence-corrected chi connectivity index (χ1v) is 12.6. The monoisotopic (exact) mass is 470 g/mol. The molecule has 0 amide bonds. The number of hydrogen-bond donors (Lipinski definition) is 1. The molecule has 4 aromatic heterocycles. The number of aryl methyl sites for hydroxylation is 2. The van der Waals surface area contributed by atoms with Crippen molar-refractivity contribution in [2.24, 2.45) is 5.92 Å². The Morgan fingerprint density at radius 3 is 2.84 bits per heavy atom. The minimum Gasteiger partial charge on any atom is -0.467 e. The minimum absolute atomic E-state index is 0.0763. The maximum Gasteiger partial charge on any atom is 0.259 e. The van der Waals surface area contributed by atoms with E-state index in [-0.39, 0.29) is 5.56 Å². The van der Waals surface area contributed by atoms with Crippen LogP contribution in [-0.2, 0) is 12.3 Å². The van der Waals surface area contributed by atoms with E-state index in [1.807, 2.05) is 26.0 Å². The zero-order chi connectivity index (χ0) is 22.2. The average Bonchev–Trinajstić information content (AvgIpc) is 3.49. The van der Waals surface area contributed by atoms with Gasteiger partial charge >= 0.3 is 0 Å². The van der Waals surface area contributed by atoms with Crippen LogP contribution < -0.4 is 10.5 Å². The molecule has 8 nitrogen and oxygen atoms in total. The molecule has 1 fully saturated rings. The summed E-state index contributed by atoms with van der Waals surface area (Å²) in [6.07, 6.45) is 3.99. The molecule has 1 N–H and O–H groups in total. The molecule has 0 aliphatic carbocycles. The summed E-state index contributed by atoms with van der Waals surface area (Å²) in [4.78, 5) is 24.5. The molecular formula is C22H26N6O2S2. The number of nitrogens with zero attached hydrogens (tertiary/aromatic N) is 5. The van der Waals surface area contributed by atoms with Crippen molar-refractivity contribution < 1.29 is 4.42 Å². The second-order valence-corrected chi connectivity index (χ2v) is 10.5. The van der Waals surface area contributed by atoms with Gasteiger partial charge in [-0.1, -0.05) is 18.7 Å². The van der Waals surface area contributed by atoms with E-state index in [0.717, 1.165) is 64.0 Å². The number of hydrogen-bond acceptors (Lipinski definition) is 8. The number of aromatic nitrogens is 5. The third kappa shape index (κ3) is 4.09. The highest BCUT2D eigenvalue weighted by atomic mass is 32.2. The average molecular weight is 471 g/mol. The highest BCUT2D eigenvalue weighted by Gasteiger charge is 2.23. The van der Waals surface area contributed by atoms with Gasteiger partial charge in [-0.15, -0.1) is 21.5 Å². The minimum atomic E-state index is -0.0763. The lowest BCUT2D eigenvalue weighted by Gasteiger charge is -2.31. The van der Waals surface area contributed by atoms with Crippen LogP contribution in [0.1, 0.15) is 41.8 Å². The van der Waals surface area contributed by atoms with Crippen molar-refractivity contribution in [3.05, 3.63) is 50.8 Å². The fourth-order valence-corrected chi connectivity index (χ4v) is 5.88. The van der Waals surface area contributed by atoms with Gasteiger partial charge in [0.15, 0.2) is 5.16 Å². The lowest BCUT2D eigenvalue weighted by atomic mass is 10.00. The van der Waals surface area contributed by atoms with Crippen LogP contribution in [0.3, 0.4) is 0 Å². The number of thiophene rings is 1. The van der Waals surface area contributed by atoms with Gasteiger partial charge in [-0.05, 0) is 50.3 Å². The van der Waals surface area contributed by atoms with Gasteiger partial charge in [-0.25, -0.2) is 4.98 Å². The molecule has 10 heteroatoms. The first-order valence-electron chi connectivity index (χ1n) is 10.8. The highest BCUT2D eigenvalue weighted by Crippen LogP contribution is 2.30. The Morgan fingerprint density at radius 1 is 1.28 bits per heavy atom. The topological polar surface area (TPSA) is 92.8 Å². The summed E-state index contributed by atoms with van der Waals surface area (Å²) in [5.74, 6) is 3.63. The first kappa shape index (κ1) is 21.3. The molecule has 5 heterocycles. The van der Waals surface area contributed by atoms with Crippen molar-refractivity contribution in [2.75, 3.05) is 18.0 Å². The Balaban J connectivity index is 1.42. The maximum absolute atomic E-state index is 12.6. The van der Waals surface area contributed by atoms with E-state index < -0.39 is 0 Å². The molecule has 5 rings (SSSR count). The van der Waals surface area contributed by atoms with Gasteiger partial charge in [0.05, 0.1) is 23.9 Å². The van der Waals surface area contributed by atoms with Crippen LogP contribution in [0.2, 0.25) is 0 Å². The van der Waals surface area contributed by atoms with E-state index in [2.05, 4.69) is 31.6 Å². The number of anilines is 1. The van der Waals surface area contributed by atoms with Crippen LogP contribution in [0, 0.1) is 19.8 Å². The predicted octanol–water partition coefficient (Wildman–Crippen LogP) is 4.36. The number of aromatic amines is 1. The number of piperidine rings is 1. The summed E-state index contributed by atoms with van der Waals surface area (Å²) in [6, 6.07) is 3.86. The summed E-state index contributed by atoms with van der Waals surface area (Å²) in [6.45, 7) is 8.81. The van der Waals surface area contributed by atoms with Crippen LogP contribution in [0.5, 0.6) is 0 Å². The Labute approximate surface area is 194 Å². The predicted molar refractivity (Wildman–Crippen MR) is 128 cm³/mol. The van der Waals surface area contributed by atoms with E-state index in [9.17, 15) is 4.79 Å². The molecule has 32 heavy (non-hydrogen) atoms. The normalized spacial score (nSPS) is 15.2. The molecular weight excluding hydrogens is 444 g/mol. The van der Waals surface area contributed by atoms with Gasteiger partial charge in [0, 0.05) is 18.0 Å². The van der Waals surface area contributed by atoms with Gasteiger partial charge in [0.1, 0.15) is 16.4 Å². The second-order valence-electron chi connectivity index (χ2n) is 8.38. The van der Waals surface area contributed by atoms with Crippen LogP contribution >= 0.6 is 23.1 Å². The van der Waals surface area contributed by atoms with Crippen molar-refractivity contribution in [3.8, 4) is 0 Å². The lowest BCUT2D eigenvalue weighted by molar-refractivity contribution is 0.427. The van der Waals surface area contributed by atoms with Crippen LogP contribution in [0.15, 0.2) is 32.8 Å². The largest absolute Gasteiger partial charge is 0.467 e. The van der Waals surface area contributed by atoms with Crippen LogP contribution in [-0.4, -0.2) is 37.8 Å². The third-order valence-electron chi connectivity index (χ3n) is 6.08. The zero-order valence-corrected chi connectivity index (χ0v) is 20.1. The van der Waals surface area contributed by atoms with E-state index in [1.54, 1.807) is 17.6 Å². The fourth-order valence-electron chi connectivity index (χ4n) is 4.03.